The van der Waals surface area contributed by atoms with Crippen LogP contribution in [0, 0.1) is 5.41 Å². The van der Waals surface area contributed by atoms with Crippen LogP contribution in [0.1, 0.15) is 62.6 Å². The minimum Gasteiger partial charge on any atom is -0.313 e. The van der Waals surface area contributed by atoms with Crippen LogP contribution < -0.4 is 4.90 Å². The molecule has 5 aliphatic carbocycles. The van der Waals surface area contributed by atoms with Gasteiger partial charge in [0.25, 0.3) is 0 Å². The molecule has 5 aliphatic rings. The summed E-state index contributed by atoms with van der Waals surface area (Å²) in [5, 5.41) is 2.67. The molecule has 0 saturated carbocycles. The first-order valence-electron chi connectivity index (χ1n) is 22.0. The first-order chi connectivity index (χ1) is 30.0. The highest BCUT2D eigenvalue weighted by Gasteiger charge is 2.48. The second kappa shape index (κ2) is 14.0. The number of allylic oxidation sites excluding steroid dienone is 13. The third kappa shape index (κ3) is 5.38. The number of thiophene rings is 1. The van der Waals surface area contributed by atoms with E-state index in [1.165, 1.54) is 104 Å². The molecule has 0 spiro atoms. The van der Waals surface area contributed by atoms with E-state index in [0.717, 1.165) is 32.1 Å². The predicted molar refractivity (Wildman–Crippen MR) is 260 cm³/mol. The fourth-order valence-corrected chi connectivity index (χ4v) is 12.8. The van der Waals surface area contributed by atoms with Crippen molar-refractivity contribution in [1.82, 2.24) is 0 Å². The summed E-state index contributed by atoms with van der Waals surface area (Å²) in [5.41, 5.74) is 19.9. The van der Waals surface area contributed by atoms with Gasteiger partial charge in [0.1, 0.15) is 0 Å². The van der Waals surface area contributed by atoms with E-state index >= 15 is 0 Å². The molecule has 1 nitrogen and oxygen atoms in total. The average Bonchev–Trinajstić information content (AvgIpc) is 3.84. The first-order valence-corrected chi connectivity index (χ1v) is 22.8. The summed E-state index contributed by atoms with van der Waals surface area (Å²) in [5.74, 6) is 0. The maximum atomic E-state index is 2.59. The lowest BCUT2D eigenvalue weighted by Crippen LogP contribution is -2.30. The summed E-state index contributed by atoms with van der Waals surface area (Å²) in [6, 6.07) is 52.7. The smallest absolute Gasteiger partial charge is 0.0677 e. The second-order valence-electron chi connectivity index (χ2n) is 17.7. The Bertz CT molecular complexity index is 3170. The molecular formula is C59H47NS. The molecule has 294 valence electrons. The number of anilines is 2. The molecule has 1 heterocycles. The number of benzene rings is 6. The maximum Gasteiger partial charge on any atom is 0.0677 e. The van der Waals surface area contributed by atoms with Crippen molar-refractivity contribution >= 4 is 42.9 Å². The van der Waals surface area contributed by atoms with E-state index in [9.17, 15) is 0 Å². The van der Waals surface area contributed by atoms with Crippen molar-refractivity contribution in [2.75, 3.05) is 4.90 Å². The van der Waals surface area contributed by atoms with Crippen molar-refractivity contribution in [2.24, 2.45) is 5.41 Å². The number of nitrogens with zero attached hydrogens (tertiary/aromatic N) is 1. The molecule has 1 aromatic heterocycles. The van der Waals surface area contributed by atoms with Crippen LogP contribution in [0.15, 0.2) is 222 Å². The van der Waals surface area contributed by atoms with Gasteiger partial charge in [-0.25, -0.2) is 0 Å². The fraction of sp³-hybridized carbons (Fsp3) is 0.153. The van der Waals surface area contributed by atoms with Gasteiger partial charge in [-0.2, -0.15) is 0 Å². The molecule has 1 unspecified atom stereocenters. The van der Waals surface area contributed by atoms with Crippen LogP contribution in [0.25, 0.3) is 42.4 Å². The van der Waals surface area contributed by atoms with Crippen LogP contribution in [0.5, 0.6) is 0 Å². The van der Waals surface area contributed by atoms with Crippen molar-refractivity contribution in [3.63, 3.8) is 0 Å². The molecule has 7 aromatic rings. The minimum absolute atomic E-state index is 0.0220. The van der Waals surface area contributed by atoms with Crippen LogP contribution in [0.2, 0.25) is 0 Å². The van der Waals surface area contributed by atoms with E-state index in [2.05, 4.69) is 207 Å². The Hall–Kier alpha value is -6.48. The highest BCUT2D eigenvalue weighted by molar-refractivity contribution is 7.26. The highest BCUT2D eigenvalue weighted by Crippen LogP contribution is 2.61. The van der Waals surface area contributed by atoms with Crippen LogP contribution in [0.3, 0.4) is 0 Å². The van der Waals surface area contributed by atoms with Gasteiger partial charge in [0.15, 0.2) is 0 Å². The van der Waals surface area contributed by atoms with E-state index < -0.39 is 5.41 Å². The number of rotatable bonds is 6. The molecule has 0 N–H and O–H groups in total. The summed E-state index contributed by atoms with van der Waals surface area (Å²) in [6.45, 7) is 4.84. The third-order valence-electron chi connectivity index (χ3n) is 14.2. The van der Waals surface area contributed by atoms with E-state index in [1.54, 1.807) is 0 Å². The SMILES string of the molecule is CC1(C)C2=CCC(N(c3ccc(-c4cccc5c4sc4ccccc45)cc3)c3cccc4c3-c3ccccc3C4(C3=CC=CCC3)c3ccccc3)=CC=C2C2=C1C=CCC2. The Labute approximate surface area is 363 Å². The fourth-order valence-electron chi connectivity index (χ4n) is 11.5. The molecule has 2 heteroatoms. The lowest BCUT2D eigenvalue weighted by molar-refractivity contribution is 0.573. The van der Waals surface area contributed by atoms with Crippen molar-refractivity contribution in [2.45, 2.75) is 51.4 Å². The molecule has 1 atom stereocenters. The second-order valence-corrected chi connectivity index (χ2v) is 18.8. The van der Waals surface area contributed by atoms with Crippen LogP contribution in [0.4, 0.5) is 11.4 Å². The van der Waals surface area contributed by atoms with Gasteiger partial charge in [-0.3, -0.25) is 0 Å². The number of fused-ring (bicyclic) bond motifs is 8. The van der Waals surface area contributed by atoms with Gasteiger partial charge in [-0.05, 0) is 112 Å². The topological polar surface area (TPSA) is 3.24 Å². The average molecular weight is 802 g/mol. The standard InChI is InChI=1S/C59H47NS/c1-58(2)50-26-12-9-21-45(50)46-37-35-43(36-38-51(46)58)60(42-33-31-39(32-34-42)44-24-15-25-48-47-22-11-14-30-55(47)61-57(44)48)54-29-16-28-53-56(54)49-23-10-13-27-52(49)59(53,40-17-5-3-6-18-40)41-19-7-4-8-20-41/h3-7,10-19,22-35,37-38H,8-9,20-21,36H2,1-2H3. The molecule has 0 radical (unpaired) electrons. The van der Waals surface area contributed by atoms with Gasteiger partial charge in [0.05, 0.1) is 11.1 Å². The molecule has 0 aliphatic heterocycles. The van der Waals surface area contributed by atoms with Gasteiger partial charge in [-0.1, -0.05) is 177 Å². The Morgan fingerprint density at radius 3 is 2.25 bits per heavy atom. The Kier molecular flexibility index (Phi) is 8.38. The highest BCUT2D eigenvalue weighted by atomic mass is 32.1. The summed E-state index contributed by atoms with van der Waals surface area (Å²) < 4.78 is 2.68. The minimum atomic E-state index is -0.396. The lowest BCUT2D eigenvalue weighted by Gasteiger charge is -2.37. The number of hydrogen-bond donors (Lipinski definition) is 0. The maximum absolute atomic E-state index is 2.59. The van der Waals surface area contributed by atoms with Gasteiger partial charge in [-0.15, -0.1) is 11.3 Å². The zero-order valence-corrected chi connectivity index (χ0v) is 35.6. The lowest BCUT2D eigenvalue weighted by atomic mass is 9.65. The third-order valence-corrected chi connectivity index (χ3v) is 15.4. The van der Waals surface area contributed by atoms with E-state index in [4.69, 9.17) is 0 Å². The van der Waals surface area contributed by atoms with Gasteiger partial charge >= 0.3 is 0 Å². The van der Waals surface area contributed by atoms with Crippen LogP contribution >= 0.6 is 11.3 Å². The van der Waals surface area contributed by atoms with E-state index in [0.29, 0.717) is 0 Å². The summed E-state index contributed by atoms with van der Waals surface area (Å²) in [4.78, 5) is 2.59. The van der Waals surface area contributed by atoms with Crippen LogP contribution in [-0.2, 0) is 5.41 Å². The van der Waals surface area contributed by atoms with Crippen molar-refractivity contribution in [1.29, 1.82) is 0 Å². The molecule has 0 saturated heterocycles. The monoisotopic (exact) mass is 801 g/mol. The molecule has 6 aromatic carbocycles. The number of hydrogen-bond acceptors (Lipinski definition) is 2. The Morgan fingerprint density at radius 2 is 1.38 bits per heavy atom. The first kappa shape index (κ1) is 36.4. The summed E-state index contributed by atoms with van der Waals surface area (Å²) in [7, 11) is 0. The quantitative estimate of drug-likeness (QED) is 0.162. The van der Waals surface area contributed by atoms with Crippen molar-refractivity contribution < 1.29 is 0 Å². The van der Waals surface area contributed by atoms with Gasteiger partial charge in [0.2, 0.25) is 0 Å². The zero-order valence-electron chi connectivity index (χ0n) is 34.8. The zero-order chi connectivity index (χ0) is 40.7. The molecular weight excluding hydrogens is 755 g/mol. The van der Waals surface area contributed by atoms with Crippen molar-refractivity contribution in [3.05, 3.63) is 238 Å². The largest absolute Gasteiger partial charge is 0.313 e. The summed E-state index contributed by atoms with van der Waals surface area (Å²) in [6.07, 6.45) is 24.3. The molecule has 12 rings (SSSR count). The predicted octanol–water partition coefficient (Wildman–Crippen LogP) is 16.3. The normalized spacial score (nSPS) is 19.7. The summed E-state index contributed by atoms with van der Waals surface area (Å²) >= 11 is 1.90. The Morgan fingerprint density at radius 1 is 0.623 bits per heavy atom. The molecule has 0 amide bonds. The Balaban J connectivity index is 1.08. The van der Waals surface area contributed by atoms with E-state index in [1.807, 2.05) is 11.3 Å². The molecule has 0 bridgehead atoms. The van der Waals surface area contributed by atoms with Crippen molar-refractivity contribution in [3.8, 4) is 22.3 Å². The van der Waals surface area contributed by atoms with Gasteiger partial charge in [0, 0.05) is 49.0 Å². The van der Waals surface area contributed by atoms with Crippen LogP contribution in [-0.4, -0.2) is 0 Å². The molecule has 0 fully saturated rings. The van der Waals surface area contributed by atoms with E-state index in [-0.39, 0.29) is 5.41 Å². The molecule has 61 heavy (non-hydrogen) atoms. The van der Waals surface area contributed by atoms with Gasteiger partial charge < -0.3 is 4.90 Å².